The Hall–Kier alpha value is -5.87. The number of nitrogens with one attached hydrogen (secondary N) is 4. The molecule has 4 amide bonds. The molecule has 52 heavy (non-hydrogen) atoms. The molecule has 1 atom stereocenters. The molecule has 0 aliphatic carbocycles. The van der Waals surface area contributed by atoms with E-state index in [1.165, 1.54) is 26.0 Å². The summed E-state index contributed by atoms with van der Waals surface area (Å²) in [7, 11) is 3.31. The largest absolute Gasteiger partial charge is 0.503 e. The van der Waals surface area contributed by atoms with Crippen LogP contribution in [0.25, 0.3) is 0 Å². The van der Waals surface area contributed by atoms with Gasteiger partial charge in [-0.05, 0) is 40.0 Å². The zero-order valence-corrected chi connectivity index (χ0v) is 30.1. The van der Waals surface area contributed by atoms with Crippen molar-refractivity contribution in [3.8, 4) is 17.2 Å². The van der Waals surface area contributed by atoms with Crippen LogP contribution in [0.5, 0.6) is 17.2 Å². The van der Waals surface area contributed by atoms with Crippen LogP contribution in [0.15, 0.2) is 32.6 Å². The quantitative estimate of drug-likeness (QED) is 0.202. The number of carbonyl (C=O) groups is 4. The van der Waals surface area contributed by atoms with Gasteiger partial charge in [0.05, 0.1) is 36.7 Å². The van der Waals surface area contributed by atoms with Gasteiger partial charge in [0.25, 0.3) is 0 Å². The van der Waals surface area contributed by atoms with Gasteiger partial charge in [-0.1, -0.05) is 0 Å². The van der Waals surface area contributed by atoms with Crippen LogP contribution in [0.1, 0.15) is 79.6 Å². The molecule has 17 heteroatoms. The summed E-state index contributed by atoms with van der Waals surface area (Å²) in [5.74, 6) is -3.30. The second-order valence-corrected chi connectivity index (χ2v) is 13.1. The first-order valence-corrected chi connectivity index (χ1v) is 16.7. The van der Waals surface area contributed by atoms with Crippen molar-refractivity contribution in [2.24, 2.45) is 14.1 Å². The maximum absolute atomic E-state index is 13.3. The van der Waals surface area contributed by atoms with Gasteiger partial charge < -0.3 is 45.5 Å². The Balaban J connectivity index is 1.66. The molecule has 0 spiro atoms. The monoisotopic (exact) mass is 723 g/mol. The van der Waals surface area contributed by atoms with E-state index in [-0.39, 0.29) is 86.7 Å². The van der Waals surface area contributed by atoms with Crippen molar-refractivity contribution < 1.29 is 34.2 Å². The van der Waals surface area contributed by atoms with E-state index >= 15 is 0 Å². The molecule has 6 N–H and O–H groups in total. The van der Waals surface area contributed by atoms with Gasteiger partial charge in [-0.2, -0.15) is 4.73 Å². The molecule has 0 bridgehead atoms. The molecule has 3 aromatic heterocycles. The third kappa shape index (κ3) is 8.88. The number of amides is 4. The maximum atomic E-state index is 13.3. The van der Waals surface area contributed by atoms with Crippen LogP contribution in [-0.2, 0) is 52.9 Å². The SMILES string of the molecule is CC(=O)NC1(CCC(=O)NCc2c(O)c(=O)cc(C)n2C)CCC(=O)NCc2c(c(=O)cc(C)n2C)On2c(C)cc(=O)c(O)c2CNC(=O)CC1. The highest BCUT2D eigenvalue weighted by Crippen LogP contribution is 2.27. The second kappa shape index (κ2) is 16.0. The number of fused-ring (bicyclic) bond motifs is 2. The van der Waals surface area contributed by atoms with E-state index < -0.39 is 57.0 Å². The second-order valence-electron chi connectivity index (χ2n) is 13.1. The highest BCUT2D eigenvalue weighted by atomic mass is 16.7. The van der Waals surface area contributed by atoms with Gasteiger partial charge in [0.1, 0.15) is 5.69 Å². The number of carbonyl (C=O) groups excluding carboxylic acids is 4. The Morgan fingerprint density at radius 3 is 1.96 bits per heavy atom. The van der Waals surface area contributed by atoms with Crippen molar-refractivity contribution in [3.63, 3.8) is 0 Å². The topological polar surface area (TPSA) is 232 Å². The van der Waals surface area contributed by atoms with Crippen molar-refractivity contribution >= 4 is 23.6 Å². The van der Waals surface area contributed by atoms with Gasteiger partial charge in [0.2, 0.25) is 45.7 Å². The van der Waals surface area contributed by atoms with E-state index in [9.17, 15) is 43.8 Å². The Labute approximate surface area is 298 Å². The molecule has 0 saturated heterocycles. The number of hydrogen-bond donors (Lipinski definition) is 6. The van der Waals surface area contributed by atoms with Crippen LogP contribution in [0.3, 0.4) is 0 Å². The van der Waals surface area contributed by atoms with Crippen LogP contribution >= 0.6 is 0 Å². The lowest BCUT2D eigenvalue weighted by Crippen LogP contribution is -2.49. The molecule has 1 unspecified atom stereocenters. The summed E-state index contributed by atoms with van der Waals surface area (Å²) < 4.78 is 4.30. The molecule has 1 aliphatic heterocycles. The molecule has 1 aliphatic rings. The third-order valence-corrected chi connectivity index (χ3v) is 9.43. The summed E-state index contributed by atoms with van der Waals surface area (Å²) in [5.41, 5.74) is -1.36. The van der Waals surface area contributed by atoms with E-state index in [4.69, 9.17) is 4.84 Å². The fourth-order valence-corrected chi connectivity index (χ4v) is 6.18. The first kappa shape index (κ1) is 38.9. The molecule has 0 saturated carbocycles. The van der Waals surface area contributed by atoms with Crippen LogP contribution in [-0.4, -0.2) is 53.2 Å². The normalized spacial score (nSPS) is 16.8. The third-order valence-electron chi connectivity index (χ3n) is 9.43. The summed E-state index contributed by atoms with van der Waals surface area (Å²) in [4.78, 5) is 96.1. The molecule has 0 fully saturated rings. The molecular weight excluding hydrogens is 678 g/mol. The van der Waals surface area contributed by atoms with Crippen molar-refractivity contribution in [1.29, 1.82) is 0 Å². The minimum atomic E-state index is -1.22. The number of aromatic nitrogens is 3. The number of nitrogens with zero attached hydrogens (tertiary/aromatic N) is 3. The smallest absolute Gasteiger partial charge is 0.227 e. The molecule has 4 rings (SSSR count). The lowest BCUT2D eigenvalue weighted by atomic mass is 9.83. The summed E-state index contributed by atoms with van der Waals surface area (Å²) in [5, 5.41) is 32.0. The van der Waals surface area contributed by atoms with E-state index in [1.807, 2.05) is 0 Å². The summed E-state index contributed by atoms with van der Waals surface area (Å²) >= 11 is 0. The molecule has 0 aromatic carbocycles. The summed E-state index contributed by atoms with van der Waals surface area (Å²) in [6, 6.07) is 3.72. The van der Waals surface area contributed by atoms with Crippen LogP contribution in [0.2, 0.25) is 0 Å². The molecule has 0 radical (unpaired) electrons. The van der Waals surface area contributed by atoms with Crippen LogP contribution < -0.4 is 42.4 Å². The minimum absolute atomic E-state index is 0.00573. The Kier molecular flexibility index (Phi) is 12.0. The standard InChI is InChI=1S/C35H45N7O10/c1-19-13-26(44)32(50)23(40(19)5)16-36-29(47)7-10-35(39-22(4)43)11-8-30(48)37-17-24-33(51)27(45)15-21(3)42(24)52-34-25(18-38-31(49)9-12-35)41(6)20(2)14-28(34)46/h13-15,50-51H,7-12,16-18H2,1-6H3,(H,36,47)(H,37,48)(H,38,49)(H,39,43). The van der Waals surface area contributed by atoms with Crippen molar-refractivity contribution in [1.82, 2.24) is 35.1 Å². The number of rotatable bonds is 6. The molecule has 17 nitrogen and oxygen atoms in total. The van der Waals surface area contributed by atoms with Gasteiger partial charge >= 0.3 is 0 Å². The van der Waals surface area contributed by atoms with Crippen LogP contribution in [0, 0.1) is 20.8 Å². The zero-order valence-electron chi connectivity index (χ0n) is 30.1. The Morgan fingerprint density at radius 2 is 1.35 bits per heavy atom. The number of aromatic hydroxyl groups is 2. The van der Waals surface area contributed by atoms with Gasteiger partial charge in [0, 0.05) is 75.4 Å². The van der Waals surface area contributed by atoms with E-state index in [2.05, 4.69) is 21.3 Å². The van der Waals surface area contributed by atoms with Gasteiger partial charge in [-0.25, -0.2) is 0 Å². The van der Waals surface area contributed by atoms with E-state index in [1.54, 1.807) is 37.1 Å². The molecule has 280 valence electrons. The lowest BCUT2D eigenvalue weighted by molar-refractivity contribution is -0.126. The van der Waals surface area contributed by atoms with Gasteiger partial charge in [-0.15, -0.1) is 0 Å². The average Bonchev–Trinajstić information content (AvgIpc) is 3.07. The fraction of sp³-hybridized carbons (Fsp3) is 0.457. The van der Waals surface area contributed by atoms with Crippen LogP contribution in [0.4, 0.5) is 0 Å². The lowest BCUT2D eigenvalue weighted by Gasteiger charge is -2.35. The Morgan fingerprint density at radius 1 is 0.808 bits per heavy atom. The zero-order chi connectivity index (χ0) is 38.5. The first-order chi connectivity index (χ1) is 24.4. The van der Waals surface area contributed by atoms with Crippen molar-refractivity contribution in [3.05, 3.63) is 83.0 Å². The predicted molar refractivity (Wildman–Crippen MR) is 187 cm³/mol. The van der Waals surface area contributed by atoms with E-state index in [0.717, 1.165) is 10.8 Å². The molecule has 4 heterocycles. The molecule has 3 aromatic rings. The highest BCUT2D eigenvalue weighted by molar-refractivity contribution is 5.79. The Bertz CT molecular complexity index is 2090. The maximum Gasteiger partial charge on any atom is 0.227 e. The predicted octanol–water partition coefficient (Wildman–Crippen LogP) is 0.202. The average molecular weight is 724 g/mol. The number of hydrogen-bond acceptors (Lipinski definition) is 10. The minimum Gasteiger partial charge on any atom is -0.503 e. The number of pyridine rings is 3. The number of aryl methyl sites for hydroxylation is 3. The van der Waals surface area contributed by atoms with E-state index in [0.29, 0.717) is 11.4 Å². The molecular formula is C35H45N7O10. The van der Waals surface area contributed by atoms with Gasteiger partial charge in [-0.3, -0.25) is 33.6 Å². The van der Waals surface area contributed by atoms with Gasteiger partial charge in [0.15, 0.2) is 11.5 Å². The fourth-order valence-electron chi connectivity index (χ4n) is 6.18. The van der Waals surface area contributed by atoms with Crippen molar-refractivity contribution in [2.75, 3.05) is 0 Å². The summed E-state index contributed by atoms with van der Waals surface area (Å²) in [6.45, 7) is 5.51. The first-order valence-electron chi connectivity index (χ1n) is 16.7. The highest BCUT2D eigenvalue weighted by Gasteiger charge is 2.33. The van der Waals surface area contributed by atoms with Crippen molar-refractivity contribution in [2.45, 2.75) is 91.4 Å². The summed E-state index contributed by atoms with van der Waals surface area (Å²) in [6.07, 6.45) is -0.426.